The van der Waals surface area contributed by atoms with E-state index in [0.717, 1.165) is 31.6 Å². The number of aromatic nitrogens is 2. The van der Waals surface area contributed by atoms with Crippen LogP contribution in [0.2, 0.25) is 0 Å². The summed E-state index contributed by atoms with van der Waals surface area (Å²) in [7, 11) is 0. The molecule has 0 radical (unpaired) electrons. The number of nitrogens with one attached hydrogen (secondary N) is 1. The lowest BCUT2D eigenvalue weighted by Gasteiger charge is -2.27. The fraction of sp³-hybridized carbons (Fsp3) is 0.357. The molecule has 110 valence electrons. The third kappa shape index (κ3) is 2.73. The molecule has 2 aromatic rings. The van der Waals surface area contributed by atoms with E-state index in [-0.39, 0.29) is 12.5 Å². The predicted octanol–water partition coefficient (Wildman–Crippen LogP) is -0.433. The molecule has 0 aromatic carbocycles. The van der Waals surface area contributed by atoms with Gasteiger partial charge < -0.3 is 20.5 Å². The van der Waals surface area contributed by atoms with Crippen molar-refractivity contribution in [2.24, 2.45) is 5.73 Å². The normalized spacial score (nSPS) is 15.3. The maximum Gasteiger partial charge on any atom is 0.250 e. The number of pyridine rings is 1. The van der Waals surface area contributed by atoms with Crippen molar-refractivity contribution < 1.29 is 9.59 Å². The molecular weight excluding hydrogens is 270 g/mol. The van der Waals surface area contributed by atoms with Gasteiger partial charge in [-0.1, -0.05) is 0 Å². The van der Waals surface area contributed by atoms with Crippen LogP contribution < -0.4 is 11.1 Å². The van der Waals surface area contributed by atoms with E-state index in [4.69, 9.17) is 5.73 Å². The molecule has 1 aliphatic rings. The van der Waals surface area contributed by atoms with Crippen LogP contribution >= 0.6 is 0 Å². The third-order valence-electron chi connectivity index (χ3n) is 3.66. The second kappa shape index (κ2) is 5.53. The molecule has 2 aromatic heterocycles. The molecular formula is C14H17N5O2. The minimum atomic E-state index is -0.506. The van der Waals surface area contributed by atoms with Gasteiger partial charge in [-0.25, -0.2) is 4.98 Å². The largest absolute Gasteiger partial charge is 0.366 e. The first-order valence-electron chi connectivity index (χ1n) is 6.88. The van der Waals surface area contributed by atoms with E-state index in [0.29, 0.717) is 11.2 Å². The van der Waals surface area contributed by atoms with Crippen molar-refractivity contribution in [3.8, 4) is 0 Å². The lowest BCUT2D eigenvalue weighted by atomic mass is 10.2. The highest BCUT2D eigenvalue weighted by molar-refractivity contribution is 5.96. The SMILES string of the molecule is NC(=O)c1cnc2c(ccn2CC(=O)N2CCNCC2)c1. The maximum absolute atomic E-state index is 12.3. The summed E-state index contributed by atoms with van der Waals surface area (Å²) in [4.78, 5) is 29.5. The van der Waals surface area contributed by atoms with Gasteiger partial charge in [0.25, 0.3) is 0 Å². The van der Waals surface area contributed by atoms with Crippen molar-refractivity contribution in [3.63, 3.8) is 0 Å². The van der Waals surface area contributed by atoms with E-state index in [1.807, 2.05) is 17.2 Å². The van der Waals surface area contributed by atoms with Crippen molar-refractivity contribution in [1.82, 2.24) is 19.8 Å². The molecule has 0 aliphatic carbocycles. The molecule has 3 N–H and O–H groups in total. The van der Waals surface area contributed by atoms with Crippen LogP contribution in [0.4, 0.5) is 0 Å². The highest BCUT2D eigenvalue weighted by atomic mass is 16.2. The van der Waals surface area contributed by atoms with Crippen LogP contribution in [0.1, 0.15) is 10.4 Å². The number of carbonyl (C=O) groups is 2. The lowest BCUT2D eigenvalue weighted by molar-refractivity contribution is -0.132. The molecule has 1 aliphatic heterocycles. The summed E-state index contributed by atoms with van der Waals surface area (Å²) in [6.45, 7) is 3.39. The number of amides is 2. The first-order valence-corrected chi connectivity index (χ1v) is 6.88. The molecule has 2 amide bonds. The molecule has 0 spiro atoms. The molecule has 7 heteroatoms. The molecule has 21 heavy (non-hydrogen) atoms. The molecule has 0 bridgehead atoms. The van der Waals surface area contributed by atoms with Crippen LogP contribution in [0.5, 0.6) is 0 Å². The molecule has 7 nitrogen and oxygen atoms in total. The van der Waals surface area contributed by atoms with Crippen molar-refractivity contribution in [1.29, 1.82) is 0 Å². The Labute approximate surface area is 121 Å². The zero-order valence-electron chi connectivity index (χ0n) is 11.6. The minimum absolute atomic E-state index is 0.0785. The van der Waals surface area contributed by atoms with Gasteiger partial charge in [0.05, 0.1) is 5.56 Å². The van der Waals surface area contributed by atoms with E-state index >= 15 is 0 Å². The number of rotatable bonds is 3. The summed E-state index contributed by atoms with van der Waals surface area (Å²) in [6.07, 6.45) is 3.25. The Morgan fingerprint density at radius 1 is 1.33 bits per heavy atom. The number of fused-ring (bicyclic) bond motifs is 1. The van der Waals surface area contributed by atoms with Gasteiger partial charge in [0, 0.05) is 44.0 Å². The van der Waals surface area contributed by atoms with E-state index in [2.05, 4.69) is 10.3 Å². The molecule has 1 saturated heterocycles. The van der Waals surface area contributed by atoms with Crippen molar-refractivity contribution in [2.75, 3.05) is 26.2 Å². The summed E-state index contributed by atoms with van der Waals surface area (Å²) < 4.78 is 1.80. The van der Waals surface area contributed by atoms with Gasteiger partial charge in [0.1, 0.15) is 12.2 Å². The standard InChI is InChI=1S/C14H17N5O2/c15-13(21)11-7-10-1-4-19(14(10)17-8-11)9-12(20)18-5-2-16-3-6-18/h1,4,7-8,16H,2-3,5-6,9H2,(H2,15,21). The first-order chi connectivity index (χ1) is 10.1. The van der Waals surface area contributed by atoms with Crippen LogP contribution in [0, 0.1) is 0 Å². The number of piperazine rings is 1. The van der Waals surface area contributed by atoms with Crippen molar-refractivity contribution in [2.45, 2.75) is 6.54 Å². The van der Waals surface area contributed by atoms with Gasteiger partial charge in [-0.2, -0.15) is 0 Å². The van der Waals surface area contributed by atoms with E-state index in [1.54, 1.807) is 10.6 Å². The number of hydrogen-bond donors (Lipinski definition) is 2. The Bertz CT molecular complexity index is 688. The second-order valence-corrected chi connectivity index (χ2v) is 5.08. The number of nitrogens with two attached hydrogens (primary N) is 1. The first kappa shape index (κ1) is 13.6. The summed E-state index contributed by atoms with van der Waals surface area (Å²) >= 11 is 0. The zero-order valence-corrected chi connectivity index (χ0v) is 11.6. The Morgan fingerprint density at radius 3 is 2.81 bits per heavy atom. The van der Waals surface area contributed by atoms with Crippen molar-refractivity contribution in [3.05, 3.63) is 30.1 Å². The Morgan fingerprint density at radius 2 is 2.10 bits per heavy atom. The van der Waals surface area contributed by atoms with Gasteiger partial charge in [0.15, 0.2) is 0 Å². The highest BCUT2D eigenvalue weighted by Gasteiger charge is 2.17. The van der Waals surface area contributed by atoms with Crippen LogP contribution in [-0.2, 0) is 11.3 Å². The molecule has 0 unspecified atom stereocenters. The fourth-order valence-electron chi connectivity index (χ4n) is 2.50. The van der Waals surface area contributed by atoms with Gasteiger partial charge in [-0.05, 0) is 12.1 Å². The summed E-state index contributed by atoms with van der Waals surface area (Å²) in [5, 5.41) is 4.02. The molecule has 0 atom stereocenters. The molecule has 3 rings (SSSR count). The van der Waals surface area contributed by atoms with E-state index in [9.17, 15) is 9.59 Å². The highest BCUT2D eigenvalue weighted by Crippen LogP contribution is 2.15. The average Bonchev–Trinajstić information content (AvgIpc) is 2.90. The summed E-state index contributed by atoms with van der Waals surface area (Å²) in [5.74, 6) is -0.427. The Kier molecular flexibility index (Phi) is 3.57. The van der Waals surface area contributed by atoms with Gasteiger partial charge in [-0.15, -0.1) is 0 Å². The number of primary amides is 1. The van der Waals surface area contributed by atoms with Crippen LogP contribution in [0.15, 0.2) is 24.5 Å². The number of nitrogens with zero attached hydrogens (tertiary/aromatic N) is 3. The van der Waals surface area contributed by atoms with Crippen LogP contribution in [0.25, 0.3) is 11.0 Å². The van der Waals surface area contributed by atoms with Crippen LogP contribution in [0.3, 0.4) is 0 Å². The molecule has 0 saturated carbocycles. The minimum Gasteiger partial charge on any atom is -0.366 e. The van der Waals surface area contributed by atoms with Crippen LogP contribution in [-0.4, -0.2) is 52.4 Å². The van der Waals surface area contributed by atoms with E-state index < -0.39 is 5.91 Å². The molecule has 1 fully saturated rings. The zero-order chi connectivity index (χ0) is 14.8. The smallest absolute Gasteiger partial charge is 0.250 e. The van der Waals surface area contributed by atoms with Gasteiger partial charge in [-0.3, -0.25) is 9.59 Å². The maximum atomic E-state index is 12.3. The van der Waals surface area contributed by atoms with Gasteiger partial charge >= 0.3 is 0 Å². The van der Waals surface area contributed by atoms with Gasteiger partial charge in [0.2, 0.25) is 11.8 Å². The third-order valence-corrected chi connectivity index (χ3v) is 3.66. The topological polar surface area (TPSA) is 93.2 Å². The fourth-order valence-corrected chi connectivity index (χ4v) is 2.50. The predicted molar refractivity (Wildman–Crippen MR) is 77.7 cm³/mol. The van der Waals surface area contributed by atoms with E-state index in [1.165, 1.54) is 6.20 Å². The second-order valence-electron chi connectivity index (χ2n) is 5.08. The number of hydrogen-bond acceptors (Lipinski definition) is 4. The molecule has 3 heterocycles. The Hall–Kier alpha value is -2.41. The lowest BCUT2D eigenvalue weighted by Crippen LogP contribution is -2.47. The monoisotopic (exact) mass is 287 g/mol. The Balaban J connectivity index is 1.80. The quantitative estimate of drug-likeness (QED) is 0.801. The number of carbonyl (C=O) groups excluding carboxylic acids is 2. The average molecular weight is 287 g/mol. The summed E-state index contributed by atoms with van der Waals surface area (Å²) in [6, 6.07) is 3.52. The summed E-state index contributed by atoms with van der Waals surface area (Å²) in [5.41, 5.74) is 6.29. The van der Waals surface area contributed by atoms with Crippen molar-refractivity contribution >= 4 is 22.8 Å².